The van der Waals surface area contributed by atoms with Crippen LogP contribution in [0.25, 0.3) is 0 Å². The van der Waals surface area contributed by atoms with Gasteiger partial charge < -0.3 is 10.6 Å². The van der Waals surface area contributed by atoms with Gasteiger partial charge in [0.05, 0.1) is 5.69 Å². The topological polar surface area (TPSA) is 54.0 Å². The van der Waals surface area contributed by atoms with E-state index in [9.17, 15) is 4.79 Å². The van der Waals surface area contributed by atoms with Crippen molar-refractivity contribution in [2.24, 2.45) is 0 Å². The second kappa shape index (κ2) is 5.77. The summed E-state index contributed by atoms with van der Waals surface area (Å²) >= 11 is 0. The zero-order valence-electron chi connectivity index (χ0n) is 10.1. The van der Waals surface area contributed by atoms with Crippen LogP contribution in [0.4, 0.5) is 0 Å². The highest BCUT2D eigenvalue weighted by Gasteiger charge is 2.22. The van der Waals surface area contributed by atoms with Gasteiger partial charge in [0.15, 0.2) is 0 Å². The molecule has 0 saturated heterocycles. The Morgan fingerprint density at radius 3 is 3.00 bits per heavy atom. The zero-order chi connectivity index (χ0) is 12.1. The number of hydrogen-bond acceptors (Lipinski definition) is 3. The average Bonchev–Trinajstić information content (AvgIpc) is 3.14. The van der Waals surface area contributed by atoms with Gasteiger partial charge >= 0.3 is 0 Å². The highest BCUT2D eigenvalue weighted by molar-refractivity contribution is 5.76. The summed E-state index contributed by atoms with van der Waals surface area (Å²) in [7, 11) is 0. The molecule has 92 valence electrons. The summed E-state index contributed by atoms with van der Waals surface area (Å²) in [5.41, 5.74) is 1.01. The molecule has 4 heteroatoms. The van der Waals surface area contributed by atoms with Crippen LogP contribution < -0.4 is 10.6 Å². The minimum absolute atomic E-state index is 0.147. The molecule has 1 aliphatic carbocycles. The summed E-state index contributed by atoms with van der Waals surface area (Å²) in [6.07, 6.45) is 4.61. The van der Waals surface area contributed by atoms with Crippen LogP contribution in [0.1, 0.15) is 37.9 Å². The molecule has 1 amide bonds. The summed E-state index contributed by atoms with van der Waals surface area (Å²) in [4.78, 5) is 15.7. The highest BCUT2D eigenvalue weighted by atomic mass is 16.1. The fraction of sp³-hybridized carbons (Fsp3) is 0.538. The third-order valence-corrected chi connectivity index (χ3v) is 2.88. The molecule has 0 radical (unpaired) electrons. The molecule has 1 aliphatic rings. The van der Waals surface area contributed by atoms with Crippen molar-refractivity contribution in [2.75, 3.05) is 6.54 Å². The van der Waals surface area contributed by atoms with Crippen LogP contribution in [0.5, 0.6) is 0 Å². The van der Waals surface area contributed by atoms with E-state index in [0.29, 0.717) is 19.0 Å². The maximum atomic E-state index is 11.4. The fourth-order valence-corrected chi connectivity index (χ4v) is 1.67. The van der Waals surface area contributed by atoms with E-state index in [4.69, 9.17) is 0 Å². The number of nitrogens with one attached hydrogen (secondary N) is 2. The van der Waals surface area contributed by atoms with Crippen LogP contribution in [0, 0.1) is 0 Å². The lowest BCUT2D eigenvalue weighted by molar-refractivity contribution is -0.121. The number of carbonyl (C=O) groups is 1. The van der Waals surface area contributed by atoms with Gasteiger partial charge in [-0.3, -0.25) is 9.78 Å². The number of amides is 1. The summed E-state index contributed by atoms with van der Waals surface area (Å²) in [5.74, 6) is 0.147. The van der Waals surface area contributed by atoms with Gasteiger partial charge in [-0.2, -0.15) is 0 Å². The van der Waals surface area contributed by atoms with Crippen LogP contribution in [0.3, 0.4) is 0 Å². The fourth-order valence-electron chi connectivity index (χ4n) is 1.67. The Morgan fingerprint density at radius 2 is 2.35 bits per heavy atom. The van der Waals surface area contributed by atoms with Crippen molar-refractivity contribution in [2.45, 2.75) is 38.3 Å². The Balaban J connectivity index is 1.65. The molecule has 0 bridgehead atoms. The third kappa shape index (κ3) is 4.15. The van der Waals surface area contributed by atoms with Gasteiger partial charge in [0.25, 0.3) is 0 Å². The van der Waals surface area contributed by atoms with Crippen molar-refractivity contribution >= 4 is 5.91 Å². The van der Waals surface area contributed by atoms with Gasteiger partial charge in [0.1, 0.15) is 0 Å². The zero-order valence-corrected chi connectivity index (χ0v) is 10.1. The molecule has 1 fully saturated rings. The molecule has 4 nitrogen and oxygen atoms in total. The predicted molar refractivity (Wildman–Crippen MR) is 66.4 cm³/mol. The summed E-state index contributed by atoms with van der Waals surface area (Å²) < 4.78 is 0. The second-order valence-electron chi connectivity index (χ2n) is 4.52. The molecule has 0 aliphatic heterocycles. The van der Waals surface area contributed by atoms with Crippen molar-refractivity contribution in [1.29, 1.82) is 0 Å². The largest absolute Gasteiger partial charge is 0.353 e. The standard InChI is InChI=1S/C13H19N3O/c1-10(12-4-2-3-8-15-12)14-9-7-13(17)16-11-5-6-11/h2-4,8,10-11,14H,5-7,9H2,1H3,(H,16,17)/t10-/m1/s1. The maximum Gasteiger partial charge on any atom is 0.221 e. The number of nitrogens with zero attached hydrogens (tertiary/aromatic N) is 1. The van der Waals surface area contributed by atoms with E-state index in [1.165, 1.54) is 0 Å². The lowest BCUT2D eigenvalue weighted by Crippen LogP contribution is -2.30. The minimum Gasteiger partial charge on any atom is -0.353 e. The van der Waals surface area contributed by atoms with E-state index < -0.39 is 0 Å². The van der Waals surface area contributed by atoms with Gasteiger partial charge in [-0.25, -0.2) is 0 Å². The van der Waals surface area contributed by atoms with Crippen LogP contribution in [-0.2, 0) is 4.79 Å². The van der Waals surface area contributed by atoms with Crippen LogP contribution in [0.15, 0.2) is 24.4 Å². The van der Waals surface area contributed by atoms with E-state index in [0.717, 1.165) is 18.5 Å². The Labute approximate surface area is 102 Å². The SMILES string of the molecule is C[C@@H](NCCC(=O)NC1CC1)c1ccccn1. The van der Waals surface area contributed by atoms with Crippen molar-refractivity contribution in [3.63, 3.8) is 0 Å². The van der Waals surface area contributed by atoms with E-state index >= 15 is 0 Å². The van der Waals surface area contributed by atoms with E-state index in [-0.39, 0.29) is 11.9 Å². The van der Waals surface area contributed by atoms with Crippen LogP contribution >= 0.6 is 0 Å². The van der Waals surface area contributed by atoms with Crippen molar-refractivity contribution in [1.82, 2.24) is 15.6 Å². The molecule has 2 N–H and O–H groups in total. The Morgan fingerprint density at radius 1 is 1.53 bits per heavy atom. The summed E-state index contributed by atoms with van der Waals surface area (Å²) in [5, 5.41) is 6.27. The van der Waals surface area contributed by atoms with Crippen molar-refractivity contribution in [3.05, 3.63) is 30.1 Å². The van der Waals surface area contributed by atoms with Gasteiger partial charge in [-0.1, -0.05) is 6.07 Å². The minimum atomic E-state index is 0.147. The van der Waals surface area contributed by atoms with Crippen molar-refractivity contribution in [3.8, 4) is 0 Å². The number of aromatic nitrogens is 1. The number of carbonyl (C=O) groups excluding carboxylic acids is 1. The molecule has 0 aromatic carbocycles. The van der Waals surface area contributed by atoms with E-state index in [2.05, 4.69) is 22.5 Å². The quantitative estimate of drug-likeness (QED) is 0.781. The summed E-state index contributed by atoms with van der Waals surface area (Å²) in [6.45, 7) is 2.75. The number of hydrogen-bond donors (Lipinski definition) is 2. The highest BCUT2D eigenvalue weighted by Crippen LogP contribution is 2.18. The molecule has 1 saturated carbocycles. The third-order valence-electron chi connectivity index (χ3n) is 2.88. The lowest BCUT2D eigenvalue weighted by Gasteiger charge is -2.12. The van der Waals surface area contributed by atoms with E-state index in [1.54, 1.807) is 6.20 Å². The molecule has 1 aromatic rings. The molecular weight excluding hydrogens is 214 g/mol. The first-order valence-electron chi connectivity index (χ1n) is 6.19. The van der Waals surface area contributed by atoms with Gasteiger partial charge in [-0.15, -0.1) is 0 Å². The van der Waals surface area contributed by atoms with Gasteiger partial charge in [0.2, 0.25) is 5.91 Å². The molecular formula is C13H19N3O. The molecule has 1 aromatic heterocycles. The van der Waals surface area contributed by atoms with E-state index in [1.807, 2.05) is 18.2 Å². The average molecular weight is 233 g/mol. The maximum absolute atomic E-state index is 11.4. The lowest BCUT2D eigenvalue weighted by atomic mass is 10.2. The Bertz CT molecular complexity index is 362. The van der Waals surface area contributed by atoms with Gasteiger partial charge in [-0.05, 0) is 31.9 Å². The van der Waals surface area contributed by atoms with Gasteiger partial charge in [0, 0.05) is 31.2 Å². The first kappa shape index (κ1) is 12.0. The van der Waals surface area contributed by atoms with Crippen molar-refractivity contribution < 1.29 is 4.79 Å². The second-order valence-corrected chi connectivity index (χ2v) is 4.52. The first-order chi connectivity index (χ1) is 8.25. The predicted octanol–water partition coefficient (Wildman–Crippen LogP) is 1.40. The Hall–Kier alpha value is -1.42. The number of rotatable bonds is 6. The van der Waals surface area contributed by atoms with Crippen LogP contribution in [-0.4, -0.2) is 23.5 Å². The monoisotopic (exact) mass is 233 g/mol. The molecule has 0 unspecified atom stereocenters. The van der Waals surface area contributed by atoms with Crippen LogP contribution in [0.2, 0.25) is 0 Å². The molecule has 2 rings (SSSR count). The number of pyridine rings is 1. The smallest absolute Gasteiger partial charge is 0.221 e. The summed E-state index contributed by atoms with van der Waals surface area (Å²) in [6, 6.07) is 6.50. The Kier molecular flexibility index (Phi) is 4.09. The molecule has 1 atom stereocenters. The normalized spacial score (nSPS) is 16.5. The first-order valence-corrected chi connectivity index (χ1v) is 6.19. The molecule has 17 heavy (non-hydrogen) atoms. The molecule has 0 spiro atoms. The molecule has 1 heterocycles.